The van der Waals surface area contributed by atoms with Crippen LogP contribution in [0.3, 0.4) is 0 Å². The van der Waals surface area contributed by atoms with Crippen LogP contribution in [0, 0.1) is 9.56 Å². The van der Waals surface area contributed by atoms with E-state index in [1.807, 2.05) is 0 Å². The molecule has 0 radical (unpaired) electrons. The molecule has 2 N–H and O–H groups in total. The van der Waals surface area contributed by atoms with Gasteiger partial charge in [0.05, 0.1) is 0 Å². The van der Waals surface area contributed by atoms with Crippen molar-refractivity contribution in [2.24, 2.45) is 0 Å². The summed E-state index contributed by atoms with van der Waals surface area (Å²) in [5.41, 5.74) is 0. The summed E-state index contributed by atoms with van der Waals surface area (Å²) in [7, 11) is 0. The Balaban J connectivity index is 4.38. The van der Waals surface area contributed by atoms with Crippen LogP contribution in [0.15, 0.2) is 0 Å². The molecule has 0 aromatic carbocycles. The summed E-state index contributed by atoms with van der Waals surface area (Å²) in [5.74, 6) is 0. The van der Waals surface area contributed by atoms with Crippen molar-refractivity contribution in [1.82, 2.24) is 3.41 Å². The van der Waals surface area contributed by atoms with E-state index in [1.165, 1.54) is 0 Å². The fourth-order valence-corrected chi connectivity index (χ4v) is 0.168. The summed E-state index contributed by atoms with van der Waals surface area (Å²) >= 11 is 1.10. The second-order valence-electron chi connectivity index (χ2n) is 0.257. The minimum atomic E-state index is 0.552. The lowest BCUT2D eigenvalue weighted by atomic mass is 13.9. The molecule has 0 saturated carbocycles. The van der Waals surface area contributed by atoms with Gasteiger partial charge < -0.3 is 0 Å². The second kappa shape index (κ2) is 3.75. The summed E-state index contributed by atoms with van der Waals surface area (Å²) in [6.45, 7) is 0. The van der Waals surface area contributed by atoms with Crippen LogP contribution >= 0.6 is 0 Å². The molecule has 3 nitrogen and oxygen atoms in total. The van der Waals surface area contributed by atoms with Crippen LogP contribution in [0.25, 0.3) is 0 Å². The van der Waals surface area contributed by atoms with E-state index in [1.54, 1.807) is 0 Å². The molecule has 28 valence electrons. The molecule has 0 bridgehead atoms. The predicted octanol–water partition coefficient (Wildman–Crippen LogP) is 0.111. The Morgan fingerprint density at radius 2 is 1.60 bits per heavy atom. The first-order chi connectivity index (χ1) is 2.41. The smallest absolute Gasteiger partial charge is 0.171 e. The fourth-order valence-electron chi connectivity index (χ4n) is 0.0186. The van der Waals surface area contributed by atoms with Gasteiger partial charge in [-0.15, -0.1) is 0 Å². The molecule has 0 amide bonds. The molecule has 0 heterocycles. The molecule has 0 spiro atoms. The zero-order chi connectivity index (χ0) is 4.12. The van der Waals surface area contributed by atoms with E-state index in [0.717, 1.165) is 0 Å². The highest BCUT2D eigenvalue weighted by atomic mass is 32.2. The maximum Gasteiger partial charge on any atom is 0.404 e. The highest BCUT2D eigenvalue weighted by molar-refractivity contribution is 7.63. The van der Waals surface area contributed by atoms with Crippen LogP contribution in [0.4, 0.5) is 0 Å². The zero-order valence-electron chi connectivity index (χ0n) is 2.26. The Labute approximate surface area is 36.4 Å². The van der Waals surface area contributed by atoms with Gasteiger partial charge in [0.2, 0.25) is 0 Å². The Kier molecular flexibility index (Phi) is 3.56. The lowest BCUT2D eigenvalue weighted by Crippen LogP contribution is -1.41. The van der Waals surface area contributed by atoms with E-state index in [4.69, 9.17) is 9.56 Å². The molecule has 0 aliphatic carbocycles. The molecule has 0 saturated heterocycles. The van der Waals surface area contributed by atoms with E-state index in [-0.39, 0.29) is 0 Å². The van der Waals surface area contributed by atoms with Crippen LogP contribution in [0.2, 0.25) is 0 Å². The van der Waals surface area contributed by atoms with Gasteiger partial charge in [-0.05, 0) is 0 Å². The van der Waals surface area contributed by atoms with Gasteiger partial charge in [0, 0.05) is 0 Å². The summed E-state index contributed by atoms with van der Waals surface area (Å²) < 4.78 is 15.6. The van der Waals surface area contributed by atoms with Gasteiger partial charge in [-0.3, -0.25) is 0 Å². The van der Waals surface area contributed by atoms with Gasteiger partial charge in [0.25, 0.3) is 0 Å². The Morgan fingerprint density at radius 1 is 1.20 bits per heavy atom. The molecular weight excluding hydrogens is 106 g/mol. The maximum atomic E-state index is 6.21. The number of hydrogen-bond donors (Lipinski definition) is 2. The molecule has 5 heteroatoms. The first-order valence-corrected chi connectivity index (χ1v) is 2.32. The summed E-state index contributed by atoms with van der Waals surface area (Å²) in [4.78, 5) is 0. The SMILES string of the molecule is N=S=[N+]=S=N. The Hall–Kier alpha value is -0.250. The molecule has 0 aromatic heterocycles. The second-order valence-corrected chi connectivity index (χ2v) is 1.22. The minimum Gasteiger partial charge on any atom is -0.171 e. The minimum absolute atomic E-state index is 0.552. The summed E-state index contributed by atoms with van der Waals surface area (Å²) in [6.07, 6.45) is 0. The molecular formula is H2N3S2+. The van der Waals surface area contributed by atoms with Gasteiger partial charge in [0.15, 0.2) is 0 Å². The first kappa shape index (κ1) is 4.75. The molecule has 0 atom stereocenters. The van der Waals surface area contributed by atoms with Crippen LogP contribution in [0.5, 0.6) is 0 Å². The molecule has 0 fully saturated rings. The highest BCUT2D eigenvalue weighted by Crippen LogP contribution is 1.11. The zero-order valence-corrected chi connectivity index (χ0v) is 3.90. The monoisotopic (exact) mass is 108 g/mol. The van der Waals surface area contributed by atoms with Crippen LogP contribution in [-0.2, 0) is 22.7 Å². The van der Waals surface area contributed by atoms with Gasteiger partial charge in [-0.2, -0.15) is 9.56 Å². The van der Waals surface area contributed by atoms with E-state index >= 15 is 0 Å². The van der Waals surface area contributed by atoms with E-state index in [0.29, 0.717) is 22.7 Å². The quantitative estimate of drug-likeness (QED) is 0.414. The van der Waals surface area contributed by atoms with E-state index in [2.05, 4.69) is 3.41 Å². The number of nitrogens with one attached hydrogen (secondary N) is 2. The largest absolute Gasteiger partial charge is 0.404 e. The summed E-state index contributed by atoms with van der Waals surface area (Å²) in [6, 6.07) is 0. The lowest BCUT2D eigenvalue weighted by Gasteiger charge is -1.04. The van der Waals surface area contributed by atoms with Crippen molar-refractivity contribution >= 4 is 22.7 Å². The highest BCUT2D eigenvalue weighted by Gasteiger charge is 1.46. The lowest BCUT2D eigenvalue weighted by molar-refractivity contribution is 1.63. The van der Waals surface area contributed by atoms with Gasteiger partial charge in [-0.1, -0.05) is 0 Å². The third-order valence-corrected chi connectivity index (χ3v) is 0.671. The van der Waals surface area contributed by atoms with E-state index < -0.39 is 0 Å². The summed E-state index contributed by atoms with van der Waals surface area (Å²) in [5, 5.41) is 0. The van der Waals surface area contributed by atoms with Crippen molar-refractivity contribution in [3.63, 3.8) is 0 Å². The van der Waals surface area contributed by atoms with E-state index in [9.17, 15) is 0 Å². The average molecular weight is 108 g/mol. The predicted molar refractivity (Wildman–Crippen MR) is 22.3 cm³/mol. The Bertz CT molecular complexity index is 96.9. The van der Waals surface area contributed by atoms with Crippen molar-refractivity contribution in [2.75, 3.05) is 0 Å². The van der Waals surface area contributed by atoms with Crippen LogP contribution < -0.4 is 3.41 Å². The fraction of sp³-hybridized carbons (Fsp3) is 0. The first-order valence-electron chi connectivity index (χ1n) is 0.773. The standard InChI is InChI=1S/H2N3S2/c1-4-3-5-2/h1-2H/q+1. The molecule has 0 unspecified atom stereocenters. The number of hydrogen-bond acceptors (Lipinski definition) is 2. The average Bonchev–Trinajstić information content (AvgIpc) is 1.41. The third kappa shape index (κ3) is 3.75. The van der Waals surface area contributed by atoms with Gasteiger partial charge in [-0.25, -0.2) is 0 Å². The topological polar surface area (TPSA) is 61.8 Å². The third-order valence-electron chi connectivity index (χ3n) is 0.0745. The molecule has 0 aliphatic rings. The van der Waals surface area contributed by atoms with Crippen molar-refractivity contribution < 1.29 is 0 Å². The van der Waals surface area contributed by atoms with Crippen molar-refractivity contribution in [1.29, 1.82) is 9.56 Å². The number of nitrogens with zero attached hydrogens (tertiary/aromatic N) is 1. The molecule has 0 rings (SSSR count). The molecule has 5 heavy (non-hydrogen) atoms. The van der Waals surface area contributed by atoms with Crippen molar-refractivity contribution in [3.8, 4) is 0 Å². The molecule has 0 aliphatic heterocycles. The van der Waals surface area contributed by atoms with Gasteiger partial charge >= 0.3 is 22.7 Å². The van der Waals surface area contributed by atoms with Crippen molar-refractivity contribution in [3.05, 3.63) is 0 Å². The maximum absolute atomic E-state index is 6.21. The Morgan fingerprint density at radius 3 is 1.60 bits per heavy atom. The number of rotatable bonds is 0. The van der Waals surface area contributed by atoms with Crippen LogP contribution in [0.1, 0.15) is 0 Å². The van der Waals surface area contributed by atoms with Crippen molar-refractivity contribution in [2.45, 2.75) is 0 Å². The van der Waals surface area contributed by atoms with Gasteiger partial charge in [0.1, 0.15) is 3.41 Å². The molecule has 0 aromatic rings. The normalized spacial score (nSPS) is 4.80. The van der Waals surface area contributed by atoms with Crippen LogP contribution in [-0.4, -0.2) is 0 Å².